The molecular formula is C22H23NO2S. The smallest absolute Gasteiger partial charge is 0.224 e. The van der Waals surface area contributed by atoms with Crippen LogP contribution in [-0.2, 0) is 11.3 Å². The third-order valence-corrected chi connectivity index (χ3v) is 5.49. The van der Waals surface area contributed by atoms with Crippen LogP contribution in [0.25, 0.3) is 6.08 Å². The lowest BCUT2D eigenvalue weighted by Gasteiger charge is -2.29. The molecule has 26 heavy (non-hydrogen) atoms. The van der Waals surface area contributed by atoms with Crippen molar-refractivity contribution < 1.29 is 9.59 Å². The first kappa shape index (κ1) is 18.5. The van der Waals surface area contributed by atoms with Crippen molar-refractivity contribution in [2.75, 3.05) is 0 Å². The molecule has 0 saturated heterocycles. The van der Waals surface area contributed by atoms with Crippen molar-refractivity contribution in [1.29, 1.82) is 0 Å². The van der Waals surface area contributed by atoms with Crippen molar-refractivity contribution in [3.8, 4) is 0 Å². The first-order valence-corrected chi connectivity index (χ1v) is 9.58. The second-order valence-corrected chi connectivity index (χ2v) is 8.84. The molecule has 3 nitrogen and oxygen atoms in total. The second kappa shape index (κ2) is 7.92. The Morgan fingerprint density at radius 3 is 2.73 bits per heavy atom. The maximum atomic E-state index is 12.4. The first-order valence-electron chi connectivity index (χ1n) is 8.76. The number of Topliss-reactive ketones (excluding diaryl/α,β-unsaturated/α-hetero) is 1. The number of amides is 1. The predicted octanol–water partition coefficient (Wildman–Crippen LogP) is 4.86. The molecule has 0 atom stereocenters. The average molecular weight is 365 g/mol. The van der Waals surface area contributed by atoms with Crippen LogP contribution in [0.2, 0.25) is 0 Å². The highest BCUT2D eigenvalue weighted by Crippen LogP contribution is 2.42. The molecule has 1 amide bonds. The zero-order valence-corrected chi connectivity index (χ0v) is 15.9. The number of hydrogen-bond donors (Lipinski definition) is 1. The van der Waals surface area contributed by atoms with Crippen molar-refractivity contribution in [3.05, 3.63) is 71.3 Å². The van der Waals surface area contributed by atoms with Crippen LogP contribution in [0.4, 0.5) is 0 Å². The number of benzene rings is 2. The maximum Gasteiger partial charge on any atom is 0.224 e. The third-order valence-electron chi connectivity index (χ3n) is 4.22. The van der Waals surface area contributed by atoms with Gasteiger partial charge in [0.05, 0.1) is 0 Å². The Labute approximate surface area is 158 Å². The highest BCUT2D eigenvalue weighted by Gasteiger charge is 2.31. The Morgan fingerprint density at radius 1 is 1.19 bits per heavy atom. The van der Waals surface area contributed by atoms with E-state index in [1.54, 1.807) is 11.8 Å². The summed E-state index contributed by atoms with van der Waals surface area (Å²) in [4.78, 5) is 25.4. The van der Waals surface area contributed by atoms with E-state index < -0.39 is 0 Å². The largest absolute Gasteiger partial charge is 0.352 e. The van der Waals surface area contributed by atoms with E-state index in [-0.39, 0.29) is 16.4 Å². The van der Waals surface area contributed by atoms with Gasteiger partial charge in [-0.1, -0.05) is 48.6 Å². The SMILES string of the molecule is CC1(C)CC(=O)c2cc(CNC(=O)C/C=C/c3ccccc3)ccc2S1. The zero-order chi connectivity index (χ0) is 18.6. The Hall–Kier alpha value is -2.33. The van der Waals surface area contributed by atoms with Crippen LogP contribution in [0.15, 0.2) is 59.5 Å². The van der Waals surface area contributed by atoms with Crippen molar-refractivity contribution in [3.63, 3.8) is 0 Å². The van der Waals surface area contributed by atoms with Crippen LogP contribution in [0, 0.1) is 0 Å². The van der Waals surface area contributed by atoms with Gasteiger partial charge in [-0.3, -0.25) is 9.59 Å². The van der Waals surface area contributed by atoms with E-state index in [0.29, 0.717) is 19.4 Å². The lowest BCUT2D eigenvalue weighted by Crippen LogP contribution is -2.26. The average Bonchev–Trinajstić information content (AvgIpc) is 2.60. The van der Waals surface area contributed by atoms with Crippen LogP contribution in [-0.4, -0.2) is 16.4 Å². The summed E-state index contributed by atoms with van der Waals surface area (Å²) in [5, 5.41) is 2.91. The van der Waals surface area contributed by atoms with Gasteiger partial charge in [-0.15, -0.1) is 11.8 Å². The van der Waals surface area contributed by atoms with Gasteiger partial charge < -0.3 is 5.32 Å². The van der Waals surface area contributed by atoms with Gasteiger partial charge in [0.25, 0.3) is 0 Å². The Balaban J connectivity index is 1.55. The highest BCUT2D eigenvalue weighted by atomic mass is 32.2. The molecule has 0 unspecified atom stereocenters. The summed E-state index contributed by atoms with van der Waals surface area (Å²) in [6, 6.07) is 15.8. The van der Waals surface area contributed by atoms with E-state index in [1.165, 1.54) is 0 Å². The molecule has 0 aromatic heterocycles. The molecule has 0 bridgehead atoms. The molecule has 0 saturated carbocycles. The molecule has 0 radical (unpaired) electrons. The van der Waals surface area contributed by atoms with Crippen molar-refractivity contribution in [1.82, 2.24) is 5.32 Å². The maximum absolute atomic E-state index is 12.4. The van der Waals surface area contributed by atoms with Crippen molar-refractivity contribution in [2.45, 2.75) is 42.9 Å². The van der Waals surface area contributed by atoms with Gasteiger partial charge in [0.1, 0.15) is 0 Å². The van der Waals surface area contributed by atoms with Crippen LogP contribution in [0.3, 0.4) is 0 Å². The summed E-state index contributed by atoms with van der Waals surface area (Å²) in [5.41, 5.74) is 2.82. The Morgan fingerprint density at radius 2 is 1.96 bits per heavy atom. The number of ketones is 1. The Bertz CT molecular complexity index is 840. The van der Waals surface area contributed by atoms with E-state index in [9.17, 15) is 9.59 Å². The second-order valence-electron chi connectivity index (χ2n) is 7.09. The summed E-state index contributed by atoms with van der Waals surface area (Å²) in [5.74, 6) is 0.152. The number of hydrogen-bond acceptors (Lipinski definition) is 3. The predicted molar refractivity (Wildman–Crippen MR) is 107 cm³/mol. The molecule has 134 valence electrons. The minimum absolute atomic E-state index is 0.0308. The molecule has 1 heterocycles. The molecule has 0 spiro atoms. The molecular weight excluding hydrogens is 342 g/mol. The van der Waals surface area contributed by atoms with E-state index in [2.05, 4.69) is 19.2 Å². The van der Waals surface area contributed by atoms with Crippen LogP contribution >= 0.6 is 11.8 Å². The molecule has 3 rings (SSSR count). The van der Waals surface area contributed by atoms with Gasteiger partial charge >= 0.3 is 0 Å². The van der Waals surface area contributed by atoms with Gasteiger partial charge in [0, 0.05) is 34.6 Å². The molecule has 4 heteroatoms. The quantitative estimate of drug-likeness (QED) is 0.823. The van der Waals surface area contributed by atoms with Crippen molar-refractivity contribution >= 4 is 29.5 Å². The number of fused-ring (bicyclic) bond motifs is 1. The number of carbonyl (C=O) groups excluding carboxylic acids is 2. The molecule has 1 N–H and O–H groups in total. The van der Waals surface area contributed by atoms with Crippen LogP contribution < -0.4 is 5.32 Å². The fourth-order valence-corrected chi connectivity index (χ4v) is 4.17. The van der Waals surface area contributed by atoms with E-state index >= 15 is 0 Å². The van der Waals surface area contributed by atoms with E-state index in [0.717, 1.165) is 21.6 Å². The molecule has 1 aliphatic heterocycles. The summed E-state index contributed by atoms with van der Waals surface area (Å²) in [6.07, 6.45) is 4.68. The summed E-state index contributed by atoms with van der Waals surface area (Å²) >= 11 is 1.74. The highest BCUT2D eigenvalue weighted by molar-refractivity contribution is 8.00. The normalized spacial score (nSPS) is 15.7. The van der Waals surface area contributed by atoms with Gasteiger partial charge in [-0.25, -0.2) is 0 Å². The van der Waals surface area contributed by atoms with E-state index in [4.69, 9.17) is 0 Å². The van der Waals surface area contributed by atoms with Crippen molar-refractivity contribution in [2.24, 2.45) is 0 Å². The first-order chi connectivity index (χ1) is 12.4. The summed E-state index contributed by atoms with van der Waals surface area (Å²) in [6.45, 7) is 4.62. The van der Waals surface area contributed by atoms with Gasteiger partial charge in [0.2, 0.25) is 5.91 Å². The van der Waals surface area contributed by atoms with Crippen LogP contribution in [0.1, 0.15) is 48.2 Å². The minimum Gasteiger partial charge on any atom is -0.352 e. The number of rotatable bonds is 5. The van der Waals surface area contributed by atoms with E-state index in [1.807, 2.05) is 60.7 Å². The summed E-state index contributed by atoms with van der Waals surface area (Å²) < 4.78 is -0.0507. The lowest BCUT2D eigenvalue weighted by molar-refractivity contribution is -0.120. The molecule has 0 fully saturated rings. The monoisotopic (exact) mass is 365 g/mol. The number of thioether (sulfide) groups is 1. The summed E-state index contributed by atoms with van der Waals surface area (Å²) in [7, 11) is 0. The number of carbonyl (C=O) groups is 2. The standard InChI is InChI=1S/C22H23NO2S/c1-22(2)14-19(24)18-13-17(11-12-20(18)26-22)15-23-21(25)10-6-9-16-7-4-3-5-8-16/h3-9,11-13H,10,14-15H2,1-2H3,(H,23,25)/b9-6+. The van der Waals surface area contributed by atoms with Gasteiger partial charge in [-0.05, 0) is 37.1 Å². The van der Waals surface area contributed by atoms with Gasteiger partial charge in [0.15, 0.2) is 5.78 Å². The molecule has 2 aromatic carbocycles. The van der Waals surface area contributed by atoms with Gasteiger partial charge in [-0.2, -0.15) is 0 Å². The minimum atomic E-state index is -0.0507. The molecule has 0 aliphatic carbocycles. The number of nitrogens with one attached hydrogen (secondary N) is 1. The zero-order valence-electron chi connectivity index (χ0n) is 15.1. The third kappa shape index (κ3) is 4.85. The Kier molecular flexibility index (Phi) is 5.62. The lowest BCUT2D eigenvalue weighted by atomic mass is 9.98. The topological polar surface area (TPSA) is 46.2 Å². The fourth-order valence-electron chi connectivity index (χ4n) is 2.95. The molecule has 1 aliphatic rings. The van der Waals surface area contributed by atoms with Crippen LogP contribution in [0.5, 0.6) is 0 Å². The fraction of sp³-hybridized carbons (Fsp3) is 0.273. The molecule has 2 aromatic rings.